The molecule has 13 rings (SSSR count). The molecule has 0 N–H and O–H groups in total. The summed E-state index contributed by atoms with van der Waals surface area (Å²) >= 11 is 0. The number of benzene rings is 11. The topological polar surface area (TPSA) is 13.1 Å². The summed E-state index contributed by atoms with van der Waals surface area (Å²) in [4.78, 5) is 2.37. The van der Waals surface area contributed by atoms with Gasteiger partial charge in [0.1, 0.15) is 0 Å². The first-order valence-electron chi connectivity index (χ1n) is 23.7. The minimum atomic E-state index is 1.07. The Morgan fingerprint density at radius 2 is 0.522 bits per heavy atom. The van der Waals surface area contributed by atoms with Gasteiger partial charge in [0.25, 0.3) is 0 Å². The van der Waals surface area contributed by atoms with Crippen LogP contribution in [0.2, 0.25) is 0 Å². The van der Waals surface area contributed by atoms with Gasteiger partial charge in [-0.3, -0.25) is 0 Å². The zero-order chi connectivity index (χ0) is 45.7. The zero-order valence-corrected chi connectivity index (χ0v) is 37.8. The van der Waals surface area contributed by atoms with Crippen molar-refractivity contribution in [1.82, 2.24) is 9.13 Å². The van der Waals surface area contributed by atoms with E-state index in [-0.39, 0.29) is 0 Å². The average molecular weight is 880 g/mol. The first kappa shape index (κ1) is 40.1. The Morgan fingerprint density at radius 1 is 0.217 bits per heavy atom. The molecule has 0 amide bonds. The Morgan fingerprint density at radius 3 is 0.928 bits per heavy atom. The van der Waals surface area contributed by atoms with Crippen molar-refractivity contribution in [2.75, 3.05) is 4.90 Å². The second-order valence-corrected chi connectivity index (χ2v) is 17.7. The van der Waals surface area contributed by atoms with Gasteiger partial charge in [-0.25, -0.2) is 0 Å². The fraction of sp³-hybridized carbons (Fsp3) is 0. The van der Waals surface area contributed by atoms with Gasteiger partial charge in [0.15, 0.2) is 0 Å². The maximum absolute atomic E-state index is 2.41. The molecular formula is C66H45N3. The van der Waals surface area contributed by atoms with E-state index in [2.05, 4.69) is 287 Å². The number of anilines is 3. The number of nitrogens with zero attached hydrogens (tertiary/aromatic N) is 3. The van der Waals surface area contributed by atoms with E-state index in [0.717, 1.165) is 39.6 Å². The van der Waals surface area contributed by atoms with E-state index in [1.807, 2.05) is 0 Å². The van der Waals surface area contributed by atoms with Crippen LogP contribution < -0.4 is 4.90 Å². The number of para-hydroxylation sites is 6. The third-order valence-corrected chi connectivity index (χ3v) is 13.8. The molecule has 2 heterocycles. The summed E-state index contributed by atoms with van der Waals surface area (Å²) in [5.41, 5.74) is 19.8. The van der Waals surface area contributed by atoms with Gasteiger partial charge >= 0.3 is 0 Å². The molecule has 13 aromatic rings. The number of hydrogen-bond acceptors (Lipinski definition) is 1. The Balaban J connectivity index is 0.905. The van der Waals surface area contributed by atoms with Gasteiger partial charge in [-0.2, -0.15) is 0 Å². The molecule has 0 spiro atoms. The molecule has 0 atom stereocenters. The third-order valence-electron chi connectivity index (χ3n) is 13.8. The van der Waals surface area contributed by atoms with Crippen LogP contribution in [0.3, 0.4) is 0 Å². The van der Waals surface area contributed by atoms with Crippen molar-refractivity contribution in [3.8, 4) is 55.9 Å². The highest BCUT2D eigenvalue weighted by atomic mass is 15.1. The SMILES string of the molecule is c1ccc(-c2cccc(-c3ccc(N(c4ccc(-c5ccccc5-n5c6ccccc6c6ccccc65)cc4)c4ccc(-c5ccccc5-n5c6ccccc6c6ccccc65)cc4)cc3)c2)cc1. The number of hydrogen-bond donors (Lipinski definition) is 0. The smallest absolute Gasteiger partial charge is 0.0541 e. The molecule has 2 aromatic heterocycles. The molecular weight excluding hydrogens is 835 g/mol. The summed E-state index contributed by atoms with van der Waals surface area (Å²) in [6.07, 6.45) is 0. The number of fused-ring (bicyclic) bond motifs is 6. The van der Waals surface area contributed by atoms with Crippen molar-refractivity contribution in [2.45, 2.75) is 0 Å². The first-order valence-corrected chi connectivity index (χ1v) is 23.7. The van der Waals surface area contributed by atoms with Crippen molar-refractivity contribution < 1.29 is 0 Å². The van der Waals surface area contributed by atoms with Crippen molar-refractivity contribution >= 4 is 60.7 Å². The van der Waals surface area contributed by atoms with Gasteiger partial charge in [-0.1, -0.05) is 194 Å². The van der Waals surface area contributed by atoms with Crippen LogP contribution in [0.1, 0.15) is 0 Å². The van der Waals surface area contributed by atoms with Crippen molar-refractivity contribution in [2.24, 2.45) is 0 Å². The van der Waals surface area contributed by atoms with E-state index in [9.17, 15) is 0 Å². The average Bonchev–Trinajstić information content (AvgIpc) is 3.95. The summed E-state index contributed by atoms with van der Waals surface area (Å²) < 4.78 is 4.83. The van der Waals surface area contributed by atoms with E-state index < -0.39 is 0 Å². The normalized spacial score (nSPS) is 11.5. The summed E-state index contributed by atoms with van der Waals surface area (Å²) in [6.45, 7) is 0. The second-order valence-electron chi connectivity index (χ2n) is 17.7. The summed E-state index contributed by atoms with van der Waals surface area (Å²) in [5, 5.41) is 5.02. The Labute approximate surface area is 401 Å². The number of rotatable bonds is 9. The van der Waals surface area contributed by atoms with Gasteiger partial charge in [0, 0.05) is 49.7 Å². The predicted molar refractivity (Wildman–Crippen MR) is 292 cm³/mol. The molecule has 0 aliphatic heterocycles. The minimum absolute atomic E-state index is 1.07. The van der Waals surface area contributed by atoms with E-state index in [1.165, 1.54) is 77.0 Å². The van der Waals surface area contributed by atoms with Crippen molar-refractivity contribution in [1.29, 1.82) is 0 Å². The molecule has 0 saturated heterocycles. The molecule has 11 aromatic carbocycles. The lowest BCUT2D eigenvalue weighted by atomic mass is 9.98. The van der Waals surface area contributed by atoms with Crippen LogP contribution in [0.4, 0.5) is 17.1 Å². The summed E-state index contributed by atoms with van der Waals surface area (Å²) in [6, 6.07) is 99.0. The fourth-order valence-corrected chi connectivity index (χ4v) is 10.5. The van der Waals surface area contributed by atoms with Crippen LogP contribution in [0.15, 0.2) is 273 Å². The molecule has 0 fully saturated rings. The number of aromatic nitrogens is 2. The first-order chi connectivity index (χ1) is 34.2. The third kappa shape index (κ3) is 6.99. The summed E-state index contributed by atoms with van der Waals surface area (Å²) in [7, 11) is 0. The quantitative estimate of drug-likeness (QED) is 0.141. The fourth-order valence-electron chi connectivity index (χ4n) is 10.5. The zero-order valence-electron chi connectivity index (χ0n) is 37.8. The van der Waals surface area contributed by atoms with Gasteiger partial charge in [0.05, 0.1) is 33.4 Å². The van der Waals surface area contributed by atoms with Gasteiger partial charge in [-0.05, 0) is 112 Å². The van der Waals surface area contributed by atoms with Gasteiger partial charge in [-0.15, -0.1) is 0 Å². The molecule has 0 unspecified atom stereocenters. The molecule has 324 valence electrons. The highest BCUT2D eigenvalue weighted by Gasteiger charge is 2.19. The Hall–Kier alpha value is -9.18. The van der Waals surface area contributed by atoms with Crippen molar-refractivity contribution in [3.63, 3.8) is 0 Å². The highest BCUT2D eigenvalue weighted by Crippen LogP contribution is 2.42. The standard InChI is InChI=1S/C66H45N3/c1-2-17-46(18-3-1)50-19-16-20-51(45-50)47-33-39-52(40-34-47)67(53-41-35-48(36-42-53)55-21-4-10-27-61(55)68-63-29-12-6-23-57(63)58-24-7-13-30-64(58)68)54-43-37-49(38-44-54)56-22-5-11-28-62(56)69-65-31-14-8-25-59(65)60-26-9-15-32-66(60)69/h1-45H. The monoisotopic (exact) mass is 879 g/mol. The largest absolute Gasteiger partial charge is 0.311 e. The molecule has 0 bridgehead atoms. The van der Waals surface area contributed by atoms with Crippen LogP contribution in [-0.4, -0.2) is 9.13 Å². The molecule has 0 radical (unpaired) electrons. The second kappa shape index (κ2) is 16.9. The molecule has 0 aliphatic rings. The lowest BCUT2D eigenvalue weighted by molar-refractivity contribution is 1.18. The predicted octanol–water partition coefficient (Wildman–Crippen LogP) is 18.0. The van der Waals surface area contributed by atoms with E-state index in [4.69, 9.17) is 0 Å². The Bertz CT molecular complexity index is 3680. The Kier molecular flexibility index (Phi) is 9.84. The maximum Gasteiger partial charge on any atom is 0.0541 e. The molecule has 3 heteroatoms. The highest BCUT2D eigenvalue weighted by molar-refractivity contribution is 6.11. The molecule has 3 nitrogen and oxygen atoms in total. The van der Waals surface area contributed by atoms with Gasteiger partial charge < -0.3 is 14.0 Å². The molecule has 69 heavy (non-hydrogen) atoms. The lowest BCUT2D eigenvalue weighted by Crippen LogP contribution is -2.10. The van der Waals surface area contributed by atoms with Crippen LogP contribution in [0.25, 0.3) is 99.5 Å². The van der Waals surface area contributed by atoms with Crippen molar-refractivity contribution in [3.05, 3.63) is 273 Å². The van der Waals surface area contributed by atoms with Crippen LogP contribution in [-0.2, 0) is 0 Å². The maximum atomic E-state index is 2.41. The lowest BCUT2D eigenvalue weighted by Gasteiger charge is -2.26. The summed E-state index contributed by atoms with van der Waals surface area (Å²) in [5.74, 6) is 0. The molecule has 0 saturated carbocycles. The van der Waals surface area contributed by atoms with Crippen LogP contribution >= 0.6 is 0 Å². The molecule has 0 aliphatic carbocycles. The van der Waals surface area contributed by atoms with Crippen LogP contribution in [0.5, 0.6) is 0 Å². The van der Waals surface area contributed by atoms with E-state index >= 15 is 0 Å². The van der Waals surface area contributed by atoms with Crippen LogP contribution in [0, 0.1) is 0 Å². The minimum Gasteiger partial charge on any atom is -0.311 e. The van der Waals surface area contributed by atoms with E-state index in [0.29, 0.717) is 0 Å². The van der Waals surface area contributed by atoms with Gasteiger partial charge in [0.2, 0.25) is 0 Å². The van der Waals surface area contributed by atoms with E-state index in [1.54, 1.807) is 0 Å².